The van der Waals surface area contributed by atoms with Gasteiger partial charge in [0.15, 0.2) is 0 Å². The first kappa shape index (κ1) is 20.6. The Kier molecular flexibility index (Phi) is 7.41. The van der Waals surface area contributed by atoms with Gasteiger partial charge in [-0.25, -0.2) is 8.78 Å². The number of para-hydroxylation sites is 1. The van der Waals surface area contributed by atoms with Gasteiger partial charge in [0.05, 0.1) is 5.69 Å². The van der Waals surface area contributed by atoms with Crippen molar-refractivity contribution < 1.29 is 13.6 Å². The minimum absolute atomic E-state index is 0.177. The highest BCUT2D eigenvalue weighted by molar-refractivity contribution is 5.90. The molecule has 0 bridgehead atoms. The van der Waals surface area contributed by atoms with E-state index in [1.165, 1.54) is 24.3 Å². The molecule has 0 atom stereocenters. The maximum Gasteiger partial charge on any atom is 0.225 e. The van der Waals surface area contributed by atoms with E-state index in [1.54, 1.807) is 30.5 Å². The van der Waals surface area contributed by atoms with Crippen LogP contribution in [0.25, 0.3) is 0 Å². The number of nitrogens with one attached hydrogen (secondary N) is 1. The van der Waals surface area contributed by atoms with E-state index >= 15 is 0 Å². The summed E-state index contributed by atoms with van der Waals surface area (Å²) in [5.74, 6) is -0.991. The lowest BCUT2D eigenvalue weighted by Gasteiger charge is -2.22. The van der Waals surface area contributed by atoms with Crippen LogP contribution in [0.5, 0.6) is 0 Å². The first-order valence-corrected chi connectivity index (χ1v) is 9.51. The second-order valence-electron chi connectivity index (χ2n) is 6.75. The number of rotatable bonds is 9. The molecule has 1 heterocycles. The molecule has 0 fully saturated rings. The van der Waals surface area contributed by atoms with Crippen LogP contribution >= 0.6 is 0 Å². The van der Waals surface area contributed by atoms with Crippen molar-refractivity contribution in [3.8, 4) is 0 Å². The predicted octanol–water partition coefficient (Wildman–Crippen LogP) is 4.43. The van der Waals surface area contributed by atoms with Crippen LogP contribution in [0.2, 0.25) is 0 Å². The van der Waals surface area contributed by atoms with E-state index in [4.69, 9.17) is 0 Å². The third kappa shape index (κ3) is 6.76. The number of nitrogens with zero attached hydrogens (tertiary/aromatic N) is 2. The Bertz CT molecular complexity index is 917. The normalized spacial score (nSPS) is 10.9. The van der Waals surface area contributed by atoms with E-state index in [0.717, 1.165) is 17.7 Å². The van der Waals surface area contributed by atoms with Gasteiger partial charge in [0.25, 0.3) is 0 Å². The number of benzene rings is 2. The van der Waals surface area contributed by atoms with Crippen molar-refractivity contribution in [3.63, 3.8) is 0 Å². The van der Waals surface area contributed by atoms with Gasteiger partial charge >= 0.3 is 0 Å². The van der Waals surface area contributed by atoms with E-state index in [-0.39, 0.29) is 23.8 Å². The van der Waals surface area contributed by atoms with E-state index in [0.29, 0.717) is 19.6 Å². The zero-order valence-electron chi connectivity index (χ0n) is 16.0. The molecule has 0 aliphatic carbocycles. The van der Waals surface area contributed by atoms with Gasteiger partial charge in [-0.15, -0.1) is 0 Å². The molecular formula is C23H23F2N3O. The molecule has 0 aliphatic rings. The van der Waals surface area contributed by atoms with Crippen molar-refractivity contribution in [1.82, 2.24) is 9.88 Å². The van der Waals surface area contributed by atoms with Crippen molar-refractivity contribution in [2.75, 3.05) is 18.4 Å². The smallest absolute Gasteiger partial charge is 0.225 e. The third-order valence-corrected chi connectivity index (χ3v) is 4.53. The maximum absolute atomic E-state index is 13.7. The summed E-state index contributed by atoms with van der Waals surface area (Å²) in [6.45, 7) is 1.77. The summed E-state index contributed by atoms with van der Waals surface area (Å²) in [4.78, 5) is 18.7. The maximum atomic E-state index is 13.7. The molecule has 3 rings (SSSR count). The number of hydrogen-bond donors (Lipinski definition) is 1. The highest BCUT2D eigenvalue weighted by Crippen LogP contribution is 2.13. The summed E-state index contributed by atoms with van der Waals surface area (Å²) in [6.07, 6.45) is 2.70. The Morgan fingerprint density at radius 3 is 2.41 bits per heavy atom. The fourth-order valence-corrected chi connectivity index (χ4v) is 2.97. The minimum Gasteiger partial charge on any atom is -0.324 e. The molecule has 1 N–H and O–H groups in total. The molecule has 2 aromatic carbocycles. The molecule has 3 aromatic rings. The van der Waals surface area contributed by atoms with Crippen LogP contribution < -0.4 is 5.32 Å². The summed E-state index contributed by atoms with van der Waals surface area (Å²) in [6, 6.07) is 18.2. The average Bonchev–Trinajstić information content (AvgIpc) is 2.74. The van der Waals surface area contributed by atoms with Crippen LogP contribution in [0.15, 0.2) is 72.9 Å². The van der Waals surface area contributed by atoms with Crippen LogP contribution in [0.3, 0.4) is 0 Å². The summed E-state index contributed by atoms with van der Waals surface area (Å²) in [5.41, 5.74) is 2.10. The molecular weight excluding hydrogens is 372 g/mol. The summed E-state index contributed by atoms with van der Waals surface area (Å²) >= 11 is 0. The first-order valence-electron chi connectivity index (χ1n) is 9.51. The summed E-state index contributed by atoms with van der Waals surface area (Å²) in [7, 11) is 0. The molecule has 0 spiro atoms. The van der Waals surface area contributed by atoms with Gasteiger partial charge in [0, 0.05) is 44.4 Å². The second-order valence-corrected chi connectivity index (χ2v) is 6.75. The Hall–Kier alpha value is -3.12. The second kappa shape index (κ2) is 10.4. The fourth-order valence-electron chi connectivity index (χ4n) is 2.97. The lowest BCUT2D eigenvalue weighted by molar-refractivity contribution is -0.116. The first-order chi connectivity index (χ1) is 14.1. The lowest BCUT2D eigenvalue weighted by Crippen LogP contribution is -2.30. The summed E-state index contributed by atoms with van der Waals surface area (Å²) < 4.78 is 26.9. The van der Waals surface area contributed by atoms with E-state index < -0.39 is 5.82 Å². The van der Waals surface area contributed by atoms with Gasteiger partial charge in [-0.1, -0.05) is 30.3 Å². The van der Waals surface area contributed by atoms with Crippen LogP contribution in [-0.2, 0) is 17.8 Å². The van der Waals surface area contributed by atoms with Crippen molar-refractivity contribution in [1.29, 1.82) is 0 Å². The Morgan fingerprint density at radius 1 is 0.931 bits per heavy atom. The van der Waals surface area contributed by atoms with Crippen molar-refractivity contribution >= 4 is 11.6 Å². The number of halogens is 2. The molecule has 0 aliphatic heterocycles. The van der Waals surface area contributed by atoms with Crippen molar-refractivity contribution in [2.45, 2.75) is 19.4 Å². The molecule has 150 valence electrons. The molecule has 1 aromatic heterocycles. The number of anilines is 1. The topological polar surface area (TPSA) is 45.2 Å². The Balaban J connectivity index is 1.59. The molecule has 0 radical (unpaired) electrons. The molecule has 29 heavy (non-hydrogen) atoms. The van der Waals surface area contributed by atoms with Crippen LogP contribution in [0.4, 0.5) is 14.5 Å². The fraction of sp³-hybridized carbons (Fsp3) is 0.217. The quantitative estimate of drug-likeness (QED) is 0.583. The van der Waals surface area contributed by atoms with E-state index in [9.17, 15) is 13.6 Å². The number of aromatic nitrogens is 1. The van der Waals surface area contributed by atoms with Gasteiger partial charge in [-0.2, -0.15) is 0 Å². The largest absolute Gasteiger partial charge is 0.324 e. The van der Waals surface area contributed by atoms with Crippen molar-refractivity contribution in [2.24, 2.45) is 0 Å². The van der Waals surface area contributed by atoms with Gasteiger partial charge in [-0.3, -0.25) is 14.7 Å². The van der Waals surface area contributed by atoms with Crippen molar-refractivity contribution in [3.05, 3.63) is 95.8 Å². The lowest BCUT2D eigenvalue weighted by atomic mass is 10.2. The standard InChI is InChI=1S/C23H23F2N3O/c24-19-10-8-18(9-11-19)17-28(15-12-20-5-3-4-14-26-20)16-13-23(29)27-22-7-2-1-6-21(22)25/h1-11,14H,12-13,15-17H2,(H,27,29). The minimum atomic E-state index is -0.459. The molecule has 1 amide bonds. The van der Waals surface area contributed by atoms with Crippen LogP contribution in [-0.4, -0.2) is 28.9 Å². The third-order valence-electron chi connectivity index (χ3n) is 4.53. The number of amides is 1. The number of hydrogen-bond acceptors (Lipinski definition) is 3. The highest BCUT2D eigenvalue weighted by atomic mass is 19.1. The average molecular weight is 395 g/mol. The summed E-state index contributed by atoms with van der Waals surface area (Å²) in [5, 5.41) is 2.61. The van der Waals surface area contributed by atoms with E-state index in [2.05, 4.69) is 15.2 Å². The molecule has 0 saturated heterocycles. The van der Waals surface area contributed by atoms with Gasteiger partial charge < -0.3 is 5.32 Å². The number of carbonyl (C=O) groups excluding carboxylic acids is 1. The molecule has 0 unspecified atom stereocenters. The number of carbonyl (C=O) groups is 1. The Labute approximate surface area is 169 Å². The van der Waals surface area contributed by atoms with Crippen LogP contribution in [0, 0.1) is 11.6 Å². The highest BCUT2D eigenvalue weighted by Gasteiger charge is 2.12. The molecule has 6 heteroatoms. The van der Waals surface area contributed by atoms with Gasteiger partial charge in [0.1, 0.15) is 11.6 Å². The van der Waals surface area contributed by atoms with Gasteiger partial charge in [0.2, 0.25) is 5.91 Å². The van der Waals surface area contributed by atoms with Crippen LogP contribution in [0.1, 0.15) is 17.7 Å². The monoisotopic (exact) mass is 395 g/mol. The number of pyridine rings is 1. The molecule has 0 saturated carbocycles. The molecule has 4 nitrogen and oxygen atoms in total. The van der Waals surface area contributed by atoms with E-state index in [1.807, 2.05) is 18.2 Å². The SMILES string of the molecule is O=C(CCN(CCc1ccccn1)Cc1ccc(F)cc1)Nc1ccccc1F. The zero-order chi connectivity index (χ0) is 20.5. The Morgan fingerprint density at radius 2 is 1.69 bits per heavy atom. The predicted molar refractivity (Wildman–Crippen MR) is 109 cm³/mol. The van der Waals surface area contributed by atoms with Gasteiger partial charge in [-0.05, 0) is 42.0 Å². The zero-order valence-corrected chi connectivity index (χ0v) is 16.0.